The summed E-state index contributed by atoms with van der Waals surface area (Å²) in [5, 5.41) is 2.77. The SMILES string of the molecule is CCNC(=O)C(C)N(CCc1ccccc1)C(=O)CN(c1ccc(C)c(C)c1)S(=O)(=O)c1ccccc1. The van der Waals surface area contributed by atoms with E-state index in [-0.39, 0.29) is 17.3 Å². The molecule has 196 valence electrons. The van der Waals surface area contributed by atoms with Crippen molar-refractivity contribution in [1.29, 1.82) is 0 Å². The van der Waals surface area contributed by atoms with E-state index in [2.05, 4.69) is 5.32 Å². The van der Waals surface area contributed by atoms with E-state index < -0.39 is 28.5 Å². The zero-order valence-electron chi connectivity index (χ0n) is 21.8. The molecule has 1 N–H and O–H groups in total. The highest BCUT2D eigenvalue weighted by Gasteiger charge is 2.32. The quantitative estimate of drug-likeness (QED) is 0.412. The van der Waals surface area contributed by atoms with Crippen molar-refractivity contribution in [3.05, 3.63) is 95.6 Å². The zero-order valence-corrected chi connectivity index (χ0v) is 22.7. The molecular formula is C29H35N3O4S. The lowest BCUT2D eigenvalue weighted by atomic mass is 10.1. The van der Waals surface area contributed by atoms with Crippen molar-refractivity contribution in [3.8, 4) is 0 Å². The molecule has 8 heteroatoms. The number of rotatable bonds is 11. The number of hydrogen-bond acceptors (Lipinski definition) is 4. The van der Waals surface area contributed by atoms with Crippen LogP contribution >= 0.6 is 0 Å². The van der Waals surface area contributed by atoms with E-state index in [4.69, 9.17) is 0 Å². The second kappa shape index (κ2) is 12.5. The molecular weight excluding hydrogens is 486 g/mol. The predicted octanol–water partition coefficient (Wildman–Crippen LogP) is 4.09. The summed E-state index contributed by atoms with van der Waals surface area (Å²) < 4.78 is 28.6. The highest BCUT2D eigenvalue weighted by molar-refractivity contribution is 7.92. The maximum absolute atomic E-state index is 13.8. The first-order valence-electron chi connectivity index (χ1n) is 12.4. The van der Waals surface area contributed by atoms with Crippen LogP contribution in [0.4, 0.5) is 5.69 Å². The predicted molar refractivity (Wildman–Crippen MR) is 147 cm³/mol. The molecule has 0 saturated heterocycles. The van der Waals surface area contributed by atoms with Gasteiger partial charge in [-0.05, 0) is 75.1 Å². The molecule has 0 bridgehead atoms. The molecule has 2 amide bonds. The lowest BCUT2D eigenvalue weighted by molar-refractivity contribution is -0.138. The van der Waals surface area contributed by atoms with Crippen LogP contribution in [0.25, 0.3) is 0 Å². The fourth-order valence-electron chi connectivity index (χ4n) is 4.02. The van der Waals surface area contributed by atoms with Gasteiger partial charge in [-0.2, -0.15) is 0 Å². The van der Waals surface area contributed by atoms with Gasteiger partial charge in [-0.25, -0.2) is 8.42 Å². The number of anilines is 1. The maximum atomic E-state index is 13.8. The molecule has 1 unspecified atom stereocenters. The Bertz CT molecular complexity index is 1310. The van der Waals surface area contributed by atoms with Gasteiger partial charge in [0, 0.05) is 13.1 Å². The van der Waals surface area contributed by atoms with Crippen LogP contribution in [0.1, 0.15) is 30.5 Å². The fourth-order valence-corrected chi connectivity index (χ4v) is 5.45. The molecule has 3 rings (SSSR count). The van der Waals surface area contributed by atoms with E-state index in [1.54, 1.807) is 37.3 Å². The Kier molecular flexibility index (Phi) is 9.47. The van der Waals surface area contributed by atoms with Gasteiger partial charge in [0.2, 0.25) is 11.8 Å². The normalized spacial score (nSPS) is 12.0. The van der Waals surface area contributed by atoms with Crippen LogP contribution in [0.5, 0.6) is 0 Å². The van der Waals surface area contributed by atoms with Gasteiger partial charge in [0.05, 0.1) is 10.6 Å². The lowest BCUT2D eigenvalue weighted by Crippen LogP contribution is -2.52. The van der Waals surface area contributed by atoms with E-state index >= 15 is 0 Å². The molecule has 0 radical (unpaired) electrons. The Labute approximate surface area is 220 Å². The number of sulfonamides is 1. The highest BCUT2D eigenvalue weighted by atomic mass is 32.2. The van der Waals surface area contributed by atoms with Gasteiger partial charge >= 0.3 is 0 Å². The maximum Gasteiger partial charge on any atom is 0.264 e. The molecule has 37 heavy (non-hydrogen) atoms. The number of nitrogens with one attached hydrogen (secondary N) is 1. The number of hydrogen-bond donors (Lipinski definition) is 1. The van der Waals surface area contributed by atoms with Gasteiger partial charge in [0.1, 0.15) is 12.6 Å². The summed E-state index contributed by atoms with van der Waals surface area (Å²) >= 11 is 0. The standard InChI is InChI=1S/C29H35N3O4S/c1-5-30-29(34)24(4)31(19-18-25-12-8-6-9-13-25)28(33)21-32(26-17-16-22(2)23(3)20-26)37(35,36)27-14-10-7-11-15-27/h6-17,20,24H,5,18-19,21H2,1-4H3,(H,30,34). The van der Waals surface area contributed by atoms with Crippen LogP contribution in [0.15, 0.2) is 83.8 Å². The van der Waals surface area contributed by atoms with Crippen molar-refractivity contribution >= 4 is 27.5 Å². The summed E-state index contributed by atoms with van der Waals surface area (Å²) in [5.74, 6) is -0.736. The third-order valence-corrected chi connectivity index (χ3v) is 8.18. The average Bonchev–Trinajstić information content (AvgIpc) is 2.90. The van der Waals surface area contributed by atoms with Crippen molar-refractivity contribution in [2.75, 3.05) is 23.9 Å². The van der Waals surface area contributed by atoms with Gasteiger partial charge in [-0.15, -0.1) is 0 Å². The Morgan fingerprint density at radius 3 is 2.11 bits per heavy atom. The number of aryl methyl sites for hydroxylation is 2. The van der Waals surface area contributed by atoms with Crippen molar-refractivity contribution in [3.63, 3.8) is 0 Å². The number of nitrogens with zero attached hydrogens (tertiary/aromatic N) is 2. The average molecular weight is 522 g/mol. The van der Waals surface area contributed by atoms with Gasteiger partial charge in [-0.1, -0.05) is 54.6 Å². The Morgan fingerprint density at radius 2 is 1.51 bits per heavy atom. The molecule has 1 atom stereocenters. The molecule has 7 nitrogen and oxygen atoms in total. The highest BCUT2D eigenvalue weighted by Crippen LogP contribution is 2.26. The minimum absolute atomic E-state index is 0.0913. The Hall–Kier alpha value is -3.65. The van der Waals surface area contributed by atoms with Gasteiger partial charge in [-0.3, -0.25) is 13.9 Å². The van der Waals surface area contributed by atoms with E-state index in [1.165, 1.54) is 17.0 Å². The monoisotopic (exact) mass is 521 g/mol. The smallest absolute Gasteiger partial charge is 0.264 e. The minimum atomic E-state index is -4.05. The third-order valence-electron chi connectivity index (χ3n) is 6.39. The molecule has 0 aliphatic rings. The van der Waals surface area contributed by atoms with Crippen molar-refractivity contribution in [1.82, 2.24) is 10.2 Å². The van der Waals surface area contributed by atoms with Crippen LogP contribution in [0.2, 0.25) is 0 Å². The summed E-state index contributed by atoms with van der Waals surface area (Å²) in [7, 11) is -4.05. The third kappa shape index (κ3) is 6.98. The van der Waals surface area contributed by atoms with Crippen molar-refractivity contribution in [2.24, 2.45) is 0 Å². The fraction of sp³-hybridized carbons (Fsp3) is 0.310. The number of carbonyl (C=O) groups excluding carboxylic acids is 2. The van der Waals surface area contributed by atoms with E-state index in [0.717, 1.165) is 21.0 Å². The summed E-state index contributed by atoms with van der Waals surface area (Å²) in [4.78, 5) is 28.0. The molecule has 0 aromatic heterocycles. The molecule has 3 aromatic rings. The van der Waals surface area contributed by atoms with Gasteiger partial charge in [0.25, 0.3) is 10.0 Å². The van der Waals surface area contributed by atoms with Crippen LogP contribution in [-0.2, 0) is 26.0 Å². The summed E-state index contributed by atoms with van der Waals surface area (Å²) in [6.45, 7) is 7.60. The molecule has 0 fully saturated rings. The minimum Gasteiger partial charge on any atom is -0.355 e. The van der Waals surface area contributed by atoms with Crippen molar-refractivity contribution < 1.29 is 18.0 Å². The zero-order chi connectivity index (χ0) is 27.0. The Morgan fingerprint density at radius 1 is 0.892 bits per heavy atom. The number of likely N-dealkylation sites (N-methyl/N-ethyl adjacent to an activating group) is 1. The van der Waals surface area contributed by atoms with Crippen LogP contribution in [0, 0.1) is 13.8 Å². The topological polar surface area (TPSA) is 86.8 Å². The molecule has 0 aliphatic carbocycles. The number of carbonyl (C=O) groups is 2. The molecule has 0 heterocycles. The summed E-state index contributed by atoms with van der Waals surface area (Å²) in [5.41, 5.74) is 3.34. The molecule has 0 aliphatic heterocycles. The van der Waals surface area contributed by atoms with Crippen LogP contribution < -0.4 is 9.62 Å². The van der Waals surface area contributed by atoms with Crippen LogP contribution in [-0.4, -0.2) is 50.8 Å². The largest absolute Gasteiger partial charge is 0.355 e. The van der Waals surface area contributed by atoms with Gasteiger partial charge < -0.3 is 10.2 Å². The lowest BCUT2D eigenvalue weighted by Gasteiger charge is -2.32. The first kappa shape index (κ1) is 27.9. The number of benzene rings is 3. The summed E-state index contributed by atoms with van der Waals surface area (Å²) in [6, 6.07) is 22.3. The number of amides is 2. The van der Waals surface area contributed by atoms with E-state index in [1.807, 2.05) is 57.2 Å². The summed E-state index contributed by atoms with van der Waals surface area (Å²) in [6.07, 6.45) is 0.533. The van der Waals surface area contributed by atoms with E-state index in [0.29, 0.717) is 18.7 Å². The molecule has 3 aromatic carbocycles. The second-order valence-electron chi connectivity index (χ2n) is 8.99. The molecule has 0 spiro atoms. The van der Waals surface area contributed by atoms with Gasteiger partial charge in [0.15, 0.2) is 0 Å². The Balaban J connectivity index is 1.98. The van der Waals surface area contributed by atoms with Crippen molar-refractivity contribution in [2.45, 2.75) is 45.1 Å². The first-order chi connectivity index (χ1) is 17.6. The first-order valence-corrected chi connectivity index (χ1v) is 13.8. The van der Waals surface area contributed by atoms with E-state index in [9.17, 15) is 18.0 Å². The molecule has 0 saturated carbocycles. The second-order valence-corrected chi connectivity index (χ2v) is 10.8. The van der Waals surface area contributed by atoms with Crippen LogP contribution in [0.3, 0.4) is 0 Å².